The van der Waals surface area contributed by atoms with Crippen LogP contribution < -0.4 is 4.74 Å². The molecule has 0 aliphatic carbocycles. The molecule has 2 amide bonds. The number of carbonyl (C=O) groups excluding carboxylic acids is 2. The van der Waals surface area contributed by atoms with Crippen molar-refractivity contribution in [3.05, 3.63) is 60.5 Å². The van der Waals surface area contributed by atoms with Crippen LogP contribution in [0.3, 0.4) is 0 Å². The maximum atomic E-state index is 13.2. The molecule has 2 fully saturated rings. The number of hydrogen-bond acceptors (Lipinski definition) is 6. The molecule has 3 aliphatic rings. The van der Waals surface area contributed by atoms with E-state index >= 15 is 0 Å². The van der Waals surface area contributed by atoms with Crippen molar-refractivity contribution in [2.45, 2.75) is 18.2 Å². The molecule has 30 heavy (non-hydrogen) atoms. The molecule has 5 rings (SSSR count). The minimum absolute atomic E-state index is 0.0494. The highest BCUT2D eigenvalue weighted by Crippen LogP contribution is 2.52. The van der Waals surface area contributed by atoms with Gasteiger partial charge in [0.2, 0.25) is 11.8 Å². The number of rotatable bonds is 7. The number of benzene rings is 1. The normalized spacial score (nSPS) is 28.8. The molecular formula is C22H23N3O5. The lowest BCUT2D eigenvalue weighted by molar-refractivity contribution is -0.142. The van der Waals surface area contributed by atoms with Gasteiger partial charge in [0, 0.05) is 13.1 Å². The zero-order valence-electron chi connectivity index (χ0n) is 16.6. The van der Waals surface area contributed by atoms with Crippen molar-refractivity contribution in [2.24, 2.45) is 11.8 Å². The Labute approximate surface area is 174 Å². The summed E-state index contributed by atoms with van der Waals surface area (Å²) in [4.78, 5) is 29.8. The Kier molecular flexibility index (Phi) is 4.58. The molecule has 2 saturated heterocycles. The van der Waals surface area contributed by atoms with Gasteiger partial charge in [-0.15, -0.1) is 0 Å². The first-order valence-electron chi connectivity index (χ1n) is 10.1. The fraction of sp³-hybridized carbons (Fsp3) is 0.409. The molecule has 2 aromatic rings. The van der Waals surface area contributed by atoms with Crippen LogP contribution >= 0.6 is 0 Å². The predicted octanol–water partition coefficient (Wildman–Crippen LogP) is 1.49. The molecule has 156 valence electrons. The molecule has 2 bridgehead atoms. The summed E-state index contributed by atoms with van der Waals surface area (Å²) in [5.41, 5.74) is -0.0542. The summed E-state index contributed by atoms with van der Waals surface area (Å²) in [5, 5.41) is 3.86. The number of likely N-dealkylation sites (tertiary alicyclic amines) is 1. The van der Waals surface area contributed by atoms with Crippen LogP contribution in [0.5, 0.6) is 5.75 Å². The fourth-order valence-corrected chi connectivity index (χ4v) is 4.73. The van der Waals surface area contributed by atoms with Crippen LogP contribution in [0.2, 0.25) is 0 Å². The summed E-state index contributed by atoms with van der Waals surface area (Å²) in [6, 6.07) is 11.2. The summed E-state index contributed by atoms with van der Waals surface area (Å²) in [6.45, 7) is 1.60. The lowest BCUT2D eigenvalue weighted by atomic mass is 9.76. The Morgan fingerprint density at radius 2 is 2.17 bits per heavy atom. The Balaban J connectivity index is 1.27. The second-order valence-corrected chi connectivity index (χ2v) is 8.01. The lowest BCUT2D eigenvalue weighted by Crippen LogP contribution is -2.44. The molecule has 1 spiro atoms. The van der Waals surface area contributed by atoms with Gasteiger partial charge in [-0.3, -0.25) is 9.59 Å². The number of nitrogens with zero attached hydrogens (tertiary/aromatic N) is 3. The first-order valence-corrected chi connectivity index (χ1v) is 10.1. The van der Waals surface area contributed by atoms with Crippen molar-refractivity contribution in [3.8, 4) is 5.75 Å². The summed E-state index contributed by atoms with van der Waals surface area (Å²) < 4.78 is 16.8. The molecule has 3 aliphatic heterocycles. The molecule has 1 aromatic carbocycles. The summed E-state index contributed by atoms with van der Waals surface area (Å²) in [5.74, 6) is -0.431. The minimum Gasteiger partial charge on any atom is -0.492 e. The smallest absolute Gasteiger partial charge is 0.230 e. The molecule has 8 heteroatoms. The number of amides is 2. The van der Waals surface area contributed by atoms with Gasteiger partial charge in [-0.1, -0.05) is 35.5 Å². The van der Waals surface area contributed by atoms with Gasteiger partial charge in [0.25, 0.3) is 0 Å². The zero-order chi connectivity index (χ0) is 20.7. The number of para-hydroxylation sites is 1. The number of carbonyl (C=O) groups is 2. The Morgan fingerprint density at radius 3 is 2.93 bits per heavy atom. The molecule has 0 unspecified atom stereocenters. The van der Waals surface area contributed by atoms with Gasteiger partial charge >= 0.3 is 0 Å². The van der Waals surface area contributed by atoms with E-state index in [2.05, 4.69) is 5.16 Å². The minimum atomic E-state index is -0.719. The van der Waals surface area contributed by atoms with Crippen molar-refractivity contribution in [1.82, 2.24) is 15.0 Å². The van der Waals surface area contributed by atoms with Crippen molar-refractivity contribution >= 4 is 11.8 Å². The van der Waals surface area contributed by atoms with Crippen LogP contribution in [0.1, 0.15) is 5.69 Å². The molecule has 0 N–H and O–H groups in total. The van der Waals surface area contributed by atoms with Crippen LogP contribution in [0, 0.1) is 11.8 Å². The van der Waals surface area contributed by atoms with Gasteiger partial charge in [0.1, 0.15) is 29.9 Å². The first kappa shape index (κ1) is 18.9. The van der Waals surface area contributed by atoms with Gasteiger partial charge in [0.15, 0.2) is 0 Å². The molecule has 0 radical (unpaired) electrons. The third-order valence-corrected chi connectivity index (χ3v) is 6.10. The molecule has 0 saturated carbocycles. The van der Waals surface area contributed by atoms with Crippen molar-refractivity contribution in [1.29, 1.82) is 0 Å². The SMILES string of the molecule is CN(Cc1ccon1)C(=O)[C@H]1[C@@H]2C=C[C@@]3(CN(CCOc4ccccc4)C(=O)[C@H]13)O2. The number of aromatic nitrogens is 1. The Morgan fingerprint density at radius 1 is 1.33 bits per heavy atom. The number of fused-ring (bicyclic) bond motifs is 1. The molecule has 4 atom stereocenters. The van der Waals surface area contributed by atoms with Crippen molar-refractivity contribution in [2.75, 3.05) is 26.7 Å². The second-order valence-electron chi connectivity index (χ2n) is 8.01. The molecular weight excluding hydrogens is 386 g/mol. The second kappa shape index (κ2) is 7.28. The van der Waals surface area contributed by atoms with Gasteiger partial charge in [-0.25, -0.2) is 0 Å². The highest BCUT2D eigenvalue weighted by atomic mass is 16.5. The van der Waals surface area contributed by atoms with E-state index in [0.29, 0.717) is 31.9 Å². The van der Waals surface area contributed by atoms with Crippen LogP contribution in [-0.4, -0.2) is 65.2 Å². The van der Waals surface area contributed by atoms with Crippen LogP contribution in [0.4, 0.5) is 0 Å². The van der Waals surface area contributed by atoms with Crippen LogP contribution in [0.25, 0.3) is 0 Å². The lowest BCUT2D eigenvalue weighted by Gasteiger charge is -2.27. The number of hydrogen-bond donors (Lipinski definition) is 0. The standard InChI is InChI=1S/C22H23N3O5/c1-24(13-15-8-11-29-23-15)20(26)18-17-7-9-22(30-17)14-25(21(27)19(18)22)10-12-28-16-5-3-2-4-6-16/h2-9,11,17-19H,10,12-14H2,1H3/t17-,18-,19-,22-/m0/s1. The average Bonchev–Trinajstić information content (AvgIpc) is 3.51. The summed E-state index contributed by atoms with van der Waals surface area (Å²) in [6.07, 6.45) is 4.98. The average molecular weight is 409 g/mol. The molecule has 8 nitrogen and oxygen atoms in total. The van der Waals surface area contributed by atoms with E-state index in [1.165, 1.54) is 6.26 Å². The van der Waals surface area contributed by atoms with Crippen LogP contribution in [-0.2, 0) is 20.9 Å². The highest BCUT2D eigenvalue weighted by Gasteiger charge is 2.67. The van der Waals surface area contributed by atoms with Gasteiger partial charge in [-0.05, 0) is 12.1 Å². The molecule has 4 heterocycles. The highest BCUT2D eigenvalue weighted by molar-refractivity contribution is 5.93. The van der Waals surface area contributed by atoms with Crippen molar-refractivity contribution < 1.29 is 23.6 Å². The van der Waals surface area contributed by atoms with E-state index in [4.69, 9.17) is 14.0 Å². The zero-order valence-corrected chi connectivity index (χ0v) is 16.6. The topological polar surface area (TPSA) is 85.1 Å². The molecule has 1 aromatic heterocycles. The van der Waals surface area contributed by atoms with E-state index in [9.17, 15) is 9.59 Å². The van der Waals surface area contributed by atoms with E-state index in [1.54, 1.807) is 22.9 Å². The van der Waals surface area contributed by atoms with Gasteiger partial charge < -0.3 is 23.8 Å². The maximum absolute atomic E-state index is 13.2. The third kappa shape index (κ3) is 3.08. The third-order valence-electron chi connectivity index (χ3n) is 6.10. The van der Waals surface area contributed by atoms with Crippen LogP contribution in [0.15, 0.2) is 59.3 Å². The summed E-state index contributed by atoms with van der Waals surface area (Å²) in [7, 11) is 1.71. The van der Waals surface area contributed by atoms with E-state index in [1.807, 2.05) is 42.5 Å². The van der Waals surface area contributed by atoms with E-state index in [0.717, 1.165) is 5.75 Å². The van der Waals surface area contributed by atoms with Gasteiger partial charge in [0.05, 0.1) is 37.6 Å². The first-order chi connectivity index (χ1) is 14.6. The summed E-state index contributed by atoms with van der Waals surface area (Å²) >= 11 is 0. The number of ether oxygens (including phenoxy) is 2. The van der Waals surface area contributed by atoms with Crippen molar-refractivity contribution in [3.63, 3.8) is 0 Å². The van der Waals surface area contributed by atoms with E-state index < -0.39 is 17.4 Å². The fourth-order valence-electron chi connectivity index (χ4n) is 4.73. The Bertz CT molecular complexity index is 960. The maximum Gasteiger partial charge on any atom is 0.230 e. The van der Waals surface area contributed by atoms with Gasteiger partial charge in [-0.2, -0.15) is 0 Å². The van der Waals surface area contributed by atoms with E-state index in [-0.39, 0.29) is 17.9 Å². The monoisotopic (exact) mass is 409 g/mol. The quantitative estimate of drug-likeness (QED) is 0.645. The predicted molar refractivity (Wildman–Crippen MR) is 105 cm³/mol. The Hall–Kier alpha value is -3.13. The largest absolute Gasteiger partial charge is 0.492 e.